The lowest BCUT2D eigenvalue weighted by Crippen LogP contribution is -2.48. The maximum atomic E-state index is 12.8. The van der Waals surface area contributed by atoms with Gasteiger partial charge < -0.3 is 20.0 Å². The number of anilines is 3. The monoisotopic (exact) mass is 436 g/mol. The first kappa shape index (κ1) is 22.4. The highest BCUT2D eigenvalue weighted by molar-refractivity contribution is 5.76. The first-order chi connectivity index (χ1) is 15.7. The summed E-state index contributed by atoms with van der Waals surface area (Å²) in [7, 11) is 0. The van der Waals surface area contributed by atoms with Crippen LogP contribution in [-0.4, -0.2) is 66.6 Å². The summed E-state index contributed by atoms with van der Waals surface area (Å²) in [5.74, 6) is 2.85. The maximum Gasteiger partial charge on any atom is 0.222 e. The van der Waals surface area contributed by atoms with Crippen LogP contribution in [0.3, 0.4) is 0 Å². The Morgan fingerprint density at radius 3 is 2.47 bits per heavy atom. The molecule has 0 radical (unpaired) electrons. The summed E-state index contributed by atoms with van der Waals surface area (Å²) in [5, 5.41) is 3.34. The molecule has 0 unspecified atom stereocenters. The fourth-order valence-corrected chi connectivity index (χ4v) is 4.66. The smallest absolute Gasteiger partial charge is 0.222 e. The highest BCUT2D eigenvalue weighted by Gasteiger charge is 2.24. The number of benzene rings is 1. The molecule has 2 saturated heterocycles. The van der Waals surface area contributed by atoms with Crippen molar-refractivity contribution in [1.82, 2.24) is 14.9 Å². The molecule has 1 aromatic heterocycles. The molecular weight excluding hydrogens is 400 g/mol. The van der Waals surface area contributed by atoms with Crippen LogP contribution >= 0.6 is 0 Å². The van der Waals surface area contributed by atoms with Crippen molar-refractivity contribution in [2.75, 3.05) is 60.9 Å². The molecular formula is C25H36N6O. The van der Waals surface area contributed by atoms with Crippen molar-refractivity contribution in [3.8, 4) is 0 Å². The maximum absolute atomic E-state index is 12.8. The van der Waals surface area contributed by atoms with E-state index >= 15 is 0 Å². The number of amides is 1. The Balaban J connectivity index is 1.17. The van der Waals surface area contributed by atoms with E-state index in [-0.39, 0.29) is 0 Å². The zero-order chi connectivity index (χ0) is 22.2. The number of carbonyl (C=O) groups is 1. The van der Waals surface area contributed by atoms with Crippen molar-refractivity contribution in [3.05, 3.63) is 42.7 Å². The summed E-state index contributed by atoms with van der Waals surface area (Å²) >= 11 is 0. The van der Waals surface area contributed by atoms with Crippen LogP contribution in [-0.2, 0) is 4.79 Å². The highest BCUT2D eigenvalue weighted by Crippen LogP contribution is 2.26. The van der Waals surface area contributed by atoms with E-state index in [2.05, 4.69) is 67.2 Å². The molecule has 0 saturated carbocycles. The van der Waals surface area contributed by atoms with Crippen LogP contribution in [0.25, 0.3) is 0 Å². The Morgan fingerprint density at radius 1 is 1.00 bits per heavy atom. The summed E-state index contributed by atoms with van der Waals surface area (Å²) in [6.45, 7) is 8.56. The highest BCUT2D eigenvalue weighted by atomic mass is 16.2. The van der Waals surface area contributed by atoms with Crippen molar-refractivity contribution >= 4 is 23.2 Å². The van der Waals surface area contributed by atoms with E-state index in [0.717, 1.165) is 83.1 Å². The Bertz CT molecular complexity index is 845. The van der Waals surface area contributed by atoms with Gasteiger partial charge >= 0.3 is 0 Å². The molecule has 2 fully saturated rings. The fourth-order valence-electron chi connectivity index (χ4n) is 4.66. The van der Waals surface area contributed by atoms with E-state index in [1.54, 1.807) is 6.33 Å². The molecule has 1 amide bonds. The van der Waals surface area contributed by atoms with Gasteiger partial charge in [0, 0.05) is 64.0 Å². The Kier molecular flexibility index (Phi) is 7.80. The molecule has 0 atom stereocenters. The number of hydrogen-bond donors (Lipinski definition) is 1. The van der Waals surface area contributed by atoms with Crippen molar-refractivity contribution < 1.29 is 4.79 Å². The molecule has 0 spiro atoms. The number of nitrogens with zero attached hydrogens (tertiary/aromatic N) is 5. The second kappa shape index (κ2) is 11.2. The molecule has 32 heavy (non-hydrogen) atoms. The van der Waals surface area contributed by atoms with Crippen LogP contribution < -0.4 is 15.1 Å². The quantitative estimate of drug-likeness (QED) is 0.682. The van der Waals surface area contributed by atoms with Gasteiger partial charge in [0.15, 0.2) is 0 Å². The molecule has 0 bridgehead atoms. The van der Waals surface area contributed by atoms with E-state index in [1.807, 2.05) is 6.07 Å². The van der Waals surface area contributed by atoms with Gasteiger partial charge in [0.05, 0.1) is 0 Å². The van der Waals surface area contributed by atoms with Crippen LogP contribution in [0.2, 0.25) is 0 Å². The minimum atomic E-state index is 0.322. The number of aromatic nitrogens is 2. The molecule has 1 aromatic carbocycles. The van der Waals surface area contributed by atoms with Gasteiger partial charge in [-0.1, -0.05) is 25.1 Å². The van der Waals surface area contributed by atoms with Gasteiger partial charge in [0.2, 0.25) is 5.91 Å². The van der Waals surface area contributed by atoms with Crippen LogP contribution in [0.15, 0.2) is 42.7 Å². The lowest BCUT2D eigenvalue weighted by Gasteiger charge is -2.37. The molecule has 0 aliphatic carbocycles. The molecule has 1 N–H and O–H groups in total. The predicted molar refractivity (Wildman–Crippen MR) is 130 cm³/mol. The third-order valence-electron chi connectivity index (χ3n) is 6.67. The predicted octanol–water partition coefficient (Wildman–Crippen LogP) is 3.64. The number of para-hydroxylation sites is 1. The van der Waals surface area contributed by atoms with Crippen LogP contribution in [0, 0.1) is 5.92 Å². The minimum Gasteiger partial charge on any atom is -0.370 e. The van der Waals surface area contributed by atoms with Gasteiger partial charge in [0.1, 0.15) is 18.0 Å². The second-order valence-corrected chi connectivity index (χ2v) is 8.86. The summed E-state index contributed by atoms with van der Waals surface area (Å²) < 4.78 is 0. The fraction of sp³-hybridized carbons (Fsp3) is 0.560. The third kappa shape index (κ3) is 5.90. The van der Waals surface area contributed by atoms with Crippen LogP contribution in [0.1, 0.15) is 39.0 Å². The van der Waals surface area contributed by atoms with Crippen LogP contribution in [0.5, 0.6) is 0 Å². The molecule has 7 nitrogen and oxygen atoms in total. The minimum absolute atomic E-state index is 0.322. The Morgan fingerprint density at radius 2 is 1.75 bits per heavy atom. The normalized spacial score (nSPS) is 17.5. The zero-order valence-corrected chi connectivity index (χ0v) is 19.2. The lowest BCUT2D eigenvalue weighted by atomic mass is 9.92. The van der Waals surface area contributed by atoms with Gasteiger partial charge in [0.25, 0.3) is 0 Å². The SMILES string of the molecule is CCCNc1cc(N2CCC(CCC(=O)N3CCN(c4ccccc4)CC3)CC2)ncn1. The van der Waals surface area contributed by atoms with Crippen molar-refractivity contribution in [1.29, 1.82) is 0 Å². The van der Waals surface area contributed by atoms with E-state index < -0.39 is 0 Å². The van der Waals surface area contributed by atoms with Gasteiger partial charge in [-0.15, -0.1) is 0 Å². The topological polar surface area (TPSA) is 64.6 Å². The Hall–Kier alpha value is -2.83. The van der Waals surface area contributed by atoms with Crippen LogP contribution in [0.4, 0.5) is 17.3 Å². The van der Waals surface area contributed by atoms with E-state index in [1.165, 1.54) is 5.69 Å². The molecule has 2 aromatic rings. The lowest BCUT2D eigenvalue weighted by molar-refractivity contribution is -0.131. The average molecular weight is 437 g/mol. The summed E-state index contributed by atoms with van der Waals surface area (Å²) in [6.07, 6.45) is 6.64. The van der Waals surface area contributed by atoms with Gasteiger partial charge in [-0.3, -0.25) is 4.79 Å². The molecule has 2 aliphatic rings. The van der Waals surface area contributed by atoms with Crippen molar-refractivity contribution in [2.24, 2.45) is 5.92 Å². The van der Waals surface area contributed by atoms with E-state index in [0.29, 0.717) is 18.2 Å². The molecule has 2 aliphatic heterocycles. The number of carbonyl (C=O) groups excluding carboxylic acids is 1. The molecule has 172 valence electrons. The number of nitrogens with one attached hydrogen (secondary N) is 1. The summed E-state index contributed by atoms with van der Waals surface area (Å²) in [6, 6.07) is 12.5. The average Bonchev–Trinajstić information content (AvgIpc) is 2.87. The molecule has 7 heteroatoms. The number of piperidine rings is 1. The summed E-state index contributed by atoms with van der Waals surface area (Å²) in [5.41, 5.74) is 1.25. The van der Waals surface area contributed by atoms with E-state index in [4.69, 9.17) is 0 Å². The molecule has 3 heterocycles. The Labute approximate surface area is 191 Å². The zero-order valence-electron chi connectivity index (χ0n) is 19.2. The van der Waals surface area contributed by atoms with Gasteiger partial charge in [-0.05, 0) is 43.7 Å². The second-order valence-electron chi connectivity index (χ2n) is 8.86. The number of hydrogen-bond acceptors (Lipinski definition) is 6. The number of rotatable bonds is 8. The van der Waals surface area contributed by atoms with E-state index in [9.17, 15) is 4.79 Å². The standard InChI is InChI=1S/C25H36N6O/c1-2-12-26-23-19-24(28-20-27-23)30-13-10-21(11-14-30)8-9-25(32)31-17-15-29(16-18-31)22-6-4-3-5-7-22/h3-7,19-21H,2,8-18H2,1H3,(H,26,27,28). The molecule has 4 rings (SSSR count). The largest absolute Gasteiger partial charge is 0.370 e. The number of piperazine rings is 1. The third-order valence-corrected chi connectivity index (χ3v) is 6.67. The van der Waals surface area contributed by atoms with Gasteiger partial charge in [-0.25, -0.2) is 9.97 Å². The first-order valence-electron chi connectivity index (χ1n) is 12.1. The first-order valence-corrected chi connectivity index (χ1v) is 12.1. The van der Waals surface area contributed by atoms with Crippen molar-refractivity contribution in [2.45, 2.75) is 39.0 Å². The van der Waals surface area contributed by atoms with Gasteiger partial charge in [-0.2, -0.15) is 0 Å². The van der Waals surface area contributed by atoms with Crippen molar-refractivity contribution in [3.63, 3.8) is 0 Å². The summed E-state index contributed by atoms with van der Waals surface area (Å²) in [4.78, 5) is 28.3.